The number of fused-ring (bicyclic) bond motifs is 7. The predicted octanol–water partition coefficient (Wildman–Crippen LogP) is 3.43. The molecule has 12 unspecified atom stereocenters. The SMILES string of the molecule is CC1=C2N=C(C=C3NC(=C(C)C4=NC(C)([C@H]5N=C1C(C)(CCC(=O)NCC(C)OP(=O)(O)OC1C(O)C(N6CNc7cc(C)c(C)cc76)O[C@@H]1CO)[C@H]5CC(N)=O)C(C)(CC(N)=O)C4CCC(=O)O)C(C)(CC(N)=O)C3CCC(N)=O)C(C)(C)C2CCC(N)=O. The standard InChI is InChI=1S/C62H91N12O15P/c1-29-20-39-40(21-30(29)2)74(28-69-39)57-52(84)53(41(27-75)87-57)89-90(85,86)88-31(3)26-68-48(81)18-19-59(8)37(22-45(65)78)56-62(11)61(10,25-47(67)80)36(14-17-49(82)83)51(73-62)33(5)55-60(9,24-46(66)79)34(12-15-43(63)76)38(70-55)23-42-58(6,7)35(13-16-44(64)77)50(71-42)32(4)54(59)72-56/h20-21,23,31,34-37,41,52-53,56-57,69-70,75,84H,12-19,22,24-28H2,1-11H3,(H2,63,76)(H2,64,77)(H2,65,78)(H2,66,79)(H2,67,80)(H,68,81)(H,82,83)(H,85,86)/t31?,34?,35?,36?,37-,41+,52?,53?,56-,57?,59?,60?,61?,62?/m0/s1. The van der Waals surface area contributed by atoms with Gasteiger partial charge in [0, 0.05) is 131 Å². The summed E-state index contributed by atoms with van der Waals surface area (Å²) in [7, 11) is -5.06. The largest absolute Gasteiger partial charge is 0.481 e. The van der Waals surface area contributed by atoms with E-state index < -0.39 is 143 Å². The van der Waals surface area contributed by atoms with Gasteiger partial charge in [0.2, 0.25) is 35.4 Å². The Morgan fingerprint density at radius 3 is 2.06 bits per heavy atom. The van der Waals surface area contributed by atoms with Gasteiger partial charge in [0.25, 0.3) is 0 Å². The van der Waals surface area contributed by atoms with Gasteiger partial charge in [-0.15, -0.1) is 0 Å². The van der Waals surface area contributed by atoms with Crippen molar-refractivity contribution in [2.24, 2.45) is 89.0 Å². The smallest absolute Gasteiger partial charge is 0.472 e. The minimum atomic E-state index is -5.06. The van der Waals surface area contributed by atoms with E-state index in [1.54, 1.807) is 25.7 Å². The number of aliphatic hydroxyl groups excluding tert-OH is 2. The van der Waals surface area contributed by atoms with Crippen LogP contribution in [0.2, 0.25) is 0 Å². The molecule has 8 bridgehead atoms. The molecule has 2 saturated heterocycles. The van der Waals surface area contributed by atoms with E-state index in [1.807, 2.05) is 66.7 Å². The number of aryl methyl sites for hydroxylation is 2. The average Bonchev–Trinajstić information content (AvgIpc) is 1.53. The second kappa shape index (κ2) is 25.7. The fraction of sp³-hybridized carbons (Fsp3) is 0.645. The average molecular weight is 1280 g/mol. The van der Waals surface area contributed by atoms with Crippen LogP contribution in [0.3, 0.4) is 0 Å². The number of carbonyl (C=O) groups excluding carboxylic acids is 6. The fourth-order valence-electron chi connectivity index (χ4n) is 15.6. The Hall–Kier alpha value is -6.87. The Morgan fingerprint density at radius 2 is 1.46 bits per heavy atom. The van der Waals surface area contributed by atoms with Gasteiger partial charge in [-0.25, -0.2) is 4.57 Å². The van der Waals surface area contributed by atoms with Crippen LogP contribution < -0.4 is 49.5 Å². The molecular weight excluding hydrogens is 1180 g/mol. The zero-order valence-electron chi connectivity index (χ0n) is 53.3. The van der Waals surface area contributed by atoms with Crippen LogP contribution in [0.1, 0.15) is 144 Å². The van der Waals surface area contributed by atoms with Crippen LogP contribution in [0.4, 0.5) is 11.4 Å². The number of anilines is 2. The van der Waals surface area contributed by atoms with Crippen molar-refractivity contribution in [2.45, 2.75) is 189 Å². The molecule has 0 aliphatic carbocycles. The lowest BCUT2D eigenvalue weighted by Gasteiger charge is -2.48. The molecule has 0 spiro atoms. The maximum atomic E-state index is 14.4. The van der Waals surface area contributed by atoms with Gasteiger partial charge in [0.15, 0.2) is 6.23 Å². The topological polar surface area (TPSA) is 452 Å². The highest BCUT2D eigenvalue weighted by atomic mass is 31.2. The van der Waals surface area contributed by atoms with Crippen molar-refractivity contribution in [1.29, 1.82) is 0 Å². The Balaban J connectivity index is 1.19. The molecule has 28 heteroatoms. The van der Waals surface area contributed by atoms with Crippen LogP contribution in [0.25, 0.3) is 0 Å². The van der Waals surface area contributed by atoms with E-state index in [2.05, 4.69) is 16.0 Å². The second-order valence-electron chi connectivity index (χ2n) is 27.2. The van der Waals surface area contributed by atoms with Crippen LogP contribution in [0.15, 0.2) is 61.4 Å². The first kappa shape index (κ1) is 69.0. The molecule has 90 heavy (non-hydrogen) atoms. The van der Waals surface area contributed by atoms with E-state index >= 15 is 0 Å². The Labute approximate surface area is 524 Å². The molecule has 0 aromatic heterocycles. The summed E-state index contributed by atoms with van der Waals surface area (Å²) in [4.78, 5) is 123. The van der Waals surface area contributed by atoms with Crippen LogP contribution in [0, 0.1) is 59.2 Å². The molecule has 8 rings (SSSR count). The van der Waals surface area contributed by atoms with E-state index in [1.165, 1.54) is 6.92 Å². The summed E-state index contributed by atoms with van der Waals surface area (Å²) in [5, 5.41) is 41.8. The predicted molar refractivity (Wildman–Crippen MR) is 334 cm³/mol. The number of benzene rings is 1. The highest BCUT2D eigenvalue weighted by Gasteiger charge is 2.66. The Bertz CT molecular complexity index is 3380. The van der Waals surface area contributed by atoms with Crippen LogP contribution in [-0.4, -0.2) is 141 Å². The Kier molecular flexibility index (Phi) is 19.7. The lowest BCUT2D eigenvalue weighted by Crippen LogP contribution is -2.56. The summed E-state index contributed by atoms with van der Waals surface area (Å²) in [6.45, 7) is 19.4. The maximum Gasteiger partial charge on any atom is 0.472 e. The molecule has 17 N–H and O–H groups in total. The van der Waals surface area contributed by atoms with Gasteiger partial charge in [0.05, 0.1) is 42.3 Å². The van der Waals surface area contributed by atoms with Crippen molar-refractivity contribution in [3.05, 3.63) is 57.6 Å². The van der Waals surface area contributed by atoms with Gasteiger partial charge in [-0.3, -0.25) is 57.6 Å². The van der Waals surface area contributed by atoms with E-state index in [9.17, 15) is 58.3 Å². The monoisotopic (exact) mass is 1270 g/mol. The van der Waals surface area contributed by atoms with Crippen LogP contribution in [0.5, 0.6) is 0 Å². The third kappa shape index (κ3) is 13.0. The molecular formula is C62H91N12O15P. The molecule has 7 aliphatic heterocycles. The molecule has 0 radical (unpaired) electrons. The number of carboxylic acids is 1. The van der Waals surface area contributed by atoms with Crippen molar-refractivity contribution in [3.8, 4) is 0 Å². The zero-order chi connectivity index (χ0) is 66.7. The number of hydrogen-bond donors (Lipinski definition) is 12. The highest BCUT2D eigenvalue weighted by Crippen LogP contribution is 2.63. The number of nitrogens with zero attached hydrogens (tertiary/aromatic N) is 4. The minimum Gasteiger partial charge on any atom is -0.481 e. The van der Waals surface area contributed by atoms with Crippen molar-refractivity contribution in [2.75, 3.05) is 30.0 Å². The summed E-state index contributed by atoms with van der Waals surface area (Å²) >= 11 is 0. The second-order valence-corrected chi connectivity index (χ2v) is 28.6. The summed E-state index contributed by atoms with van der Waals surface area (Å²) in [6.07, 6.45) is -6.02. The molecule has 494 valence electrons. The summed E-state index contributed by atoms with van der Waals surface area (Å²) in [6, 6.07) is 2.81. The quantitative estimate of drug-likeness (QED) is 0.0591. The Morgan fingerprint density at radius 1 is 0.833 bits per heavy atom. The van der Waals surface area contributed by atoms with Crippen molar-refractivity contribution in [1.82, 2.24) is 10.6 Å². The van der Waals surface area contributed by atoms with Gasteiger partial charge in [-0.1, -0.05) is 34.6 Å². The van der Waals surface area contributed by atoms with Gasteiger partial charge < -0.3 is 74.5 Å². The number of phosphoric ester groups is 1. The van der Waals surface area contributed by atoms with E-state index in [-0.39, 0.29) is 83.8 Å². The first-order chi connectivity index (χ1) is 41.8. The molecule has 15 atom stereocenters. The summed E-state index contributed by atoms with van der Waals surface area (Å²) < 4.78 is 30.8. The molecule has 7 aliphatic rings. The van der Waals surface area contributed by atoms with Crippen molar-refractivity contribution >= 4 is 77.7 Å². The van der Waals surface area contributed by atoms with E-state index in [0.29, 0.717) is 45.4 Å². The molecule has 1 aromatic rings. The first-order valence-electron chi connectivity index (χ1n) is 30.7. The normalized spacial score (nSPS) is 32.5. The zero-order valence-corrected chi connectivity index (χ0v) is 54.2. The summed E-state index contributed by atoms with van der Waals surface area (Å²) in [5.41, 5.74) is 31.4. The fourth-order valence-corrected chi connectivity index (χ4v) is 16.8. The van der Waals surface area contributed by atoms with Crippen LogP contribution in [-0.2, 0) is 51.9 Å². The van der Waals surface area contributed by atoms with Gasteiger partial charge >= 0.3 is 13.8 Å². The number of carboxylic acid groups (broad SMARTS) is 1. The van der Waals surface area contributed by atoms with E-state index in [4.69, 9.17) is 57.4 Å². The molecule has 7 heterocycles. The minimum absolute atomic E-state index is 0.0232. The number of aliphatic imine (C=N–C) groups is 3. The number of nitrogens with two attached hydrogens (primary N) is 5. The number of primary amides is 5. The third-order valence-corrected chi connectivity index (χ3v) is 21.9. The number of phosphoric acid groups is 1. The number of carbonyl (C=O) groups is 7. The summed E-state index contributed by atoms with van der Waals surface area (Å²) in [5.74, 6) is -7.88. The van der Waals surface area contributed by atoms with Crippen molar-refractivity contribution in [3.63, 3.8) is 0 Å². The van der Waals surface area contributed by atoms with Crippen molar-refractivity contribution < 1.29 is 72.1 Å². The highest BCUT2D eigenvalue weighted by molar-refractivity contribution is 7.47. The molecule has 6 amide bonds. The number of hydrogen-bond acceptors (Lipinski definition) is 19. The molecule has 1 aromatic carbocycles. The lowest BCUT2D eigenvalue weighted by molar-refractivity contribution is -0.137. The number of aliphatic hydroxyl groups is 2. The van der Waals surface area contributed by atoms with Crippen LogP contribution >= 0.6 is 7.82 Å². The molecule has 2 fully saturated rings. The number of ether oxygens (including phenoxy) is 1. The molecule has 27 nitrogen and oxygen atoms in total. The number of amides is 6. The van der Waals surface area contributed by atoms with E-state index in [0.717, 1.165) is 22.5 Å². The number of rotatable bonds is 26. The van der Waals surface area contributed by atoms with Gasteiger partial charge in [-0.2, -0.15) is 0 Å². The number of nitrogens with one attached hydrogen (secondary N) is 3. The van der Waals surface area contributed by atoms with Gasteiger partial charge in [-0.05, 0) is 108 Å². The lowest BCUT2D eigenvalue weighted by atomic mass is 9.55. The number of aliphatic carboxylic acids is 1. The first-order valence-corrected chi connectivity index (χ1v) is 32.2. The maximum absolute atomic E-state index is 14.4. The molecule has 0 saturated carbocycles. The van der Waals surface area contributed by atoms with Gasteiger partial charge in [0.1, 0.15) is 18.3 Å². The third-order valence-electron chi connectivity index (χ3n) is 20.8. The number of allylic oxidation sites excluding steroid dienone is 6.